The zero-order chi connectivity index (χ0) is 14.8. The van der Waals surface area contributed by atoms with Crippen molar-refractivity contribution in [2.75, 3.05) is 20.3 Å². The first kappa shape index (κ1) is 16.5. The van der Waals surface area contributed by atoms with Crippen molar-refractivity contribution in [1.29, 1.82) is 0 Å². The van der Waals surface area contributed by atoms with Crippen LogP contribution in [-0.2, 0) is 11.2 Å². The van der Waals surface area contributed by atoms with Gasteiger partial charge in [0.05, 0.1) is 7.11 Å². The van der Waals surface area contributed by atoms with Gasteiger partial charge in [0, 0.05) is 19.6 Å². The van der Waals surface area contributed by atoms with E-state index in [9.17, 15) is 4.79 Å². The second-order valence-corrected chi connectivity index (χ2v) is 4.90. The third-order valence-corrected chi connectivity index (χ3v) is 3.52. The monoisotopic (exact) mass is 279 g/mol. The van der Waals surface area contributed by atoms with Crippen molar-refractivity contribution < 1.29 is 14.6 Å². The molecule has 20 heavy (non-hydrogen) atoms. The Kier molecular flexibility index (Phi) is 7.73. The van der Waals surface area contributed by atoms with E-state index in [1.165, 1.54) is 0 Å². The van der Waals surface area contributed by atoms with E-state index in [1.807, 2.05) is 24.3 Å². The quantitative estimate of drug-likeness (QED) is 0.728. The predicted octanol–water partition coefficient (Wildman–Crippen LogP) is 2.15. The van der Waals surface area contributed by atoms with Crippen LogP contribution in [0.15, 0.2) is 24.3 Å². The second kappa shape index (κ2) is 9.37. The molecule has 0 bridgehead atoms. The van der Waals surface area contributed by atoms with Crippen molar-refractivity contribution in [2.45, 2.75) is 32.6 Å². The summed E-state index contributed by atoms with van der Waals surface area (Å²) < 4.78 is 5.27. The summed E-state index contributed by atoms with van der Waals surface area (Å²) in [5.74, 6) is 1.23. The summed E-state index contributed by atoms with van der Waals surface area (Å²) in [6.07, 6.45) is 2.83. The molecule has 1 unspecified atom stereocenters. The minimum Gasteiger partial charge on any atom is -0.496 e. The molecule has 1 atom stereocenters. The summed E-state index contributed by atoms with van der Waals surface area (Å²) in [5, 5.41) is 11.9. The highest BCUT2D eigenvalue weighted by Gasteiger charge is 2.09. The molecule has 1 rings (SSSR count). The van der Waals surface area contributed by atoms with Crippen molar-refractivity contribution >= 4 is 5.91 Å². The fourth-order valence-corrected chi connectivity index (χ4v) is 2.14. The zero-order valence-electron chi connectivity index (χ0n) is 12.4. The van der Waals surface area contributed by atoms with E-state index in [1.54, 1.807) is 7.11 Å². The highest BCUT2D eigenvalue weighted by molar-refractivity contribution is 5.76. The second-order valence-electron chi connectivity index (χ2n) is 4.90. The molecule has 0 radical (unpaired) electrons. The van der Waals surface area contributed by atoms with Crippen LogP contribution in [0.4, 0.5) is 0 Å². The zero-order valence-corrected chi connectivity index (χ0v) is 12.4. The van der Waals surface area contributed by atoms with Crippen LogP contribution in [0.1, 0.15) is 31.7 Å². The lowest BCUT2D eigenvalue weighted by Gasteiger charge is -2.14. The van der Waals surface area contributed by atoms with E-state index < -0.39 is 0 Å². The van der Waals surface area contributed by atoms with Crippen molar-refractivity contribution in [1.82, 2.24) is 5.32 Å². The Bertz CT molecular complexity index is 406. The van der Waals surface area contributed by atoms with Crippen LogP contribution in [-0.4, -0.2) is 31.3 Å². The lowest BCUT2D eigenvalue weighted by molar-refractivity contribution is -0.121. The number of amides is 1. The van der Waals surface area contributed by atoms with Gasteiger partial charge in [-0.1, -0.05) is 31.5 Å². The molecule has 0 aliphatic rings. The molecule has 0 heterocycles. The number of methoxy groups -OCH3 is 1. The number of hydrogen-bond donors (Lipinski definition) is 2. The van der Waals surface area contributed by atoms with Crippen LogP contribution in [0.25, 0.3) is 0 Å². The standard InChI is InChI=1S/C16H25NO3/c1-3-13(10-11-18)12-17-16(19)9-8-14-6-4-5-7-15(14)20-2/h4-7,13,18H,3,8-12H2,1-2H3,(H,17,19). The Morgan fingerprint density at radius 3 is 2.80 bits per heavy atom. The number of rotatable bonds is 9. The SMILES string of the molecule is CCC(CCO)CNC(=O)CCc1ccccc1OC. The molecule has 4 nitrogen and oxygen atoms in total. The van der Waals surface area contributed by atoms with Gasteiger partial charge >= 0.3 is 0 Å². The fraction of sp³-hybridized carbons (Fsp3) is 0.562. The number of aliphatic hydroxyl groups is 1. The number of aryl methyl sites for hydroxylation is 1. The summed E-state index contributed by atoms with van der Waals surface area (Å²) in [6.45, 7) is 2.89. The van der Waals surface area contributed by atoms with E-state index in [4.69, 9.17) is 9.84 Å². The molecule has 1 aromatic rings. The molecular weight excluding hydrogens is 254 g/mol. The van der Waals surface area contributed by atoms with Crippen molar-refractivity contribution in [2.24, 2.45) is 5.92 Å². The van der Waals surface area contributed by atoms with Gasteiger partial charge in [-0.2, -0.15) is 0 Å². The molecular formula is C16H25NO3. The van der Waals surface area contributed by atoms with Gasteiger partial charge in [-0.3, -0.25) is 4.79 Å². The smallest absolute Gasteiger partial charge is 0.220 e. The molecule has 0 aliphatic heterocycles. The minimum absolute atomic E-state index is 0.0484. The average molecular weight is 279 g/mol. The summed E-state index contributed by atoms with van der Waals surface area (Å²) in [4.78, 5) is 11.8. The number of aliphatic hydroxyl groups excluding tert-OH is 1. The van der Waals surface area contributed by atoms with E-state index in [0.717, 1.165) is 24.2 Å². The molecule has 1 aromatic carbocycles. The Labute approximate surface area is 121 Å². The maximum Gasteiger partial charge on any atom is 0.220 e. The van der Waals surface area contributed by atoms with Gasteiger partial charge in [-0.15, -0.1) is 0 Å². The maximum atomic E-state index is 11.8. The third-order valence-electron chi connectivity index (χ3n) is 3.52. The topological polar surface area (TPSA) is 58.6 Å². The minimum atomic E-state index is 0.0484. The van der Waals surface area contributed by atoms with E-state index in [-0.39, 0.29) is 12.5 Å². The van der Waals surface area contributed by atoms with Gasteiger partial charge in [0.15, 0.2) is 0 Å². The van der Waals surface area contributed by atoms with Gasteiger partial charge in [-0.25, -0.2) is 0 Å². The van der Waals surface area contributed by atoms with Gasteiger partial charge < -0.3 is 15.2 Å². The highest BCUT2D eigenvalue weighted by atomic mass is 16.5. The van der Waals surface area contributed by atoms with Gasteiger partial charge in [0.2, 0.25) is 5.91 Å². The van der Waals surface area contributed by atoms with Crippen LogP contribution < -0.4 is 10.1 Å². The van der Waals surface area contributed by atoms with Crippen LogP contribution in [0.2, 0.25) is 0 Å². The first-order chi connectivity index (χ1) is 9.71. The lowest BCUT2D eigenvalue weighted by Crippen LogP contribution is -2.29. The summed E-state index contributed by atoms with van der Waals surface area (Å²) >= 11 is 0. The van der Waals surface area contributed by atoms with E-state index in [0.29, 0.717) is 25.3 Å². The maximum absolute atomic E-state index is 11.8. The fourth-order valence-electron chi connectivity index (χ4n) is 2.14. The van der Waals surface area contributed by atoms with Gasteiger partial charge in [-0.05, 0) is 30.4 Å². The summed E-state index contributed by atoms with van der Waals surface area (Å²) in [7, 11) is 1.64. The first-order valence-corrected chi connectivity index (χ1v) is 7.20. The molecule has 0 aromatic heterocycles. The van der Waals surface area contributed by atoms with Crippen molar-refractivity contribution in [3.8, 4) is 5.75 Å². The Balaban J connectivity index is 2.36. The Morgan fingerprint density at radius 1 is 1.40 bits per heavy atom. The predicted molar refractivity (Wildman–Crippen MR) is 79.8 cm³/mol. The number of ether oxygens (including phenoxy) is 1. The Hall–Kier alpha value is -1.55. The summed E-state index contributed by atoms with van der Waals surface area (Å²) in [6, 6.07) is 7.75. The number of hydrogen-bond acceptors (Lipinski definition) is 3. The Morgan fingerprint density at radius 2 is 2.15 bits per heavy atom. The molecule has 4 heteroatoms. The van der Waals surface area contributed by atoms with Crippen molar-refractivity contribution in [3.63, 3.8) is 0 Å². The first-order valence-electron chi connectivity index (χ1n) is 7.20. The van der Waals surface area contributed by atoms with Crippen LogP contribution >= 0.6 is 0 Å². The number of nitrogens with one attached hydrogen (secondary N) is 1. The average Bonchev–Trinajstić information content (AvgIpc) is 2.49. The highest BCUT2D eigenvalue weighted by Crippen LogP contribution is 2.18. The molecule has 0 aliphatic carbocycles. The molecule has 112 valence electrons. The van der Waals surface area contributed by atoms with E-state index in [2.05, 4.69) is 12.2 Å². The lowest BCUT2D eigenvalue weighted by atomic mass is 10.0. The van der Waals surface area contributed by atoms with Gasteiger partial charge in [0.25, 0.3) is 0 Å². The molecule has 0 saturated carbocycles. The summed E-state index contributed by atoms with van der Waals surface area (Å²) in [5.41, 5.74) is 1.05. The molecule has 2 N–H and O–H groups in total. The largest absolute Gasteiger partial charge is 0.496 e. The number of carbonyl (C=O) groups excluding carboxylic acids is 1. The van der Waals surface area contributed by atoms with Crippen molar-refractivity contribution in [3.05, 3.63) is 29.8 Å². The van der Waals surface area contributed by atoms with E-state index >= 15 is 0 Å². The number of carbonyl (C=O) groups is 1. The number of para-hydroxylation sites is 1. The van der Waals surface area contributed by atoms with Crippen LogP contribution in [0.3, 0.4) is 0 Å². The molecule has 0 spiro atoms. The van der Waals surface area contributed by atoms with Crippen LogP contribution in [0, 0.1) is 5.92 Å². The third kappa shape index (κ3) is 5.61. The number of benzene rings is 1. The molecule has 1 amide bonds. The van der Waals surface area contributed by atoms with Gasteiger partial charge in [0.1, 0.15) is 5.75 Å². The molecule has 0 saturated heterocycles. The normalized spacial score (nSPS) is 11.9. The van der Waals surface area contributed by atoms with Crippen LogP contribution in [0.5, 0.6) is 5.75 Å². The molecule has 0 fully saturated rings.